The third kappa shape index (κ3) is 4.78. The van der Waals surface area contributed by atoms with Gasteiger partial charge in [-0.25, -0.2) is 0 Å². The van der Waals surface area contributed by atoms with Crippen molar-refractivity contribution >= 4 is 11.4 Å². The molecule has 0 radical (unpaired) electrons. The average molecular weight is 384 g/mol. The minimum absolute atomic E-state index is 0.340. The molecule has 1 saturated carbocycles. The molecule has 1 fully saturated rings. The fraction of sp³-hybridized carbons (Fsp3) is 0.364. The zero-order chi connectivity index (χ0) is 19.1. The van der Waals surface area contributed by atoms with Crippen molar-refractivity contribution in [3.63, 3.8) is 0 Å². The van der Waals surface area contributed by atoms with Crippen molar-refractivity contribution in [1.29, 1.82) is 0 Å². The Morgan fingerprint density at radius 1 is 1.15 bits per heavy atom. The van der Waals surface area contributed by atoms with E-state index in [1.165, 1.54) is 0 Å². The van der Waals surface area contributed by atoms with Crippen LogP contribution in [0.1, 0.15) is 39.0 Å². The van der Waals surface area contributed by atoms with Gasteiger partial charge in [-0.3, -0.25) is 8.74 Å². The smallest absolute Gasteiger partial charge is 0.302 e. The predicted octanol–water partition coefficient (Wildman–Crippen LogP) is 4.98. The molecule has 0 amide bonds. The van der Waals surface area contributed by atoms with Gasteiger partial charge in [-0.2, -0.15) is 4.21 Å². The van der Waals surface area contributed by atoms with Crippen LogP contribution in [-0.2, 0) is 15.5 Å². The van der Waals surface area contributed by atoms with E-state index in [1.54, 1.807) is 6.92 Å². The van der Waals surface area contributed by atoms with Crippen molar-refractivity contribution in [2.45, 2.75) is 50.7 Å². The van der Waals surface area contributed by atoms with Crippen LogP contribution >= 0.6 is 0 Å². The lowest BCUT2D eigenvalue weighted by molar-refractivity contribution is -0.0607. The molecule has 1 aliphatic carbocycles. The van der Waals surface area contributed by atoms with Crippen molar-refractivity contribution in [1.82, 2.24) is 0 Å². The van der Waals surface area contributed by atoms with Crippen LogP contribution in [-0.4, -0.2) is 20.5 Å². The first kappa shape index (κ1) is 19.6. The van der Waals surface area contributed by atoms with Crippen LogP contribution < -0.4 is 4.74 Å². The van der Waals surface area contributed by atoms with E-state index in [0.29, 0.717) is 12.8 Å². The molecular formula is C22H24O4S. The first-order valence-corrected chi connectivity index (χ1v) is 10.2. The van der Waals surface area contributed by atoms with Gasteiger partial charge in [0.2, 0.25) is 0 Å². The van der Waals surface area contributed by atoms with Gasteiger partial charge in [0.1, 0.15) is 17.5 Å². The monoisotopic (exact) mass is 384 g/mol. The molecule has 0 heterocycles. The standard InChI is InChI=1S/C22H24O4S/c1-2-3-16-22(26-27(23)24)17-10-9-15-21(22)25-20-14-8-7-13-19(20)18-11-5-4-6-12-18/h4-8,11-14,21H,9-10,15-17H2,1H3,(H,23,24). The van der Waals surface area contributed by atoms with E-state index >= 15 is 0 Å². The predicted molar refractivity (Wildman–Crippen MR) is 107 cm³/mol. The molecule has 1 N–H and O–H groups in total. The zero-order valence-corrected chi connectivity index (χ0v) is 16.2. The molecule has 3 rings (SSSR count). The first-order chi connectivity index (χ1) is 13.1. The van der Waals surface area contributed by atoms with Gasteiger partial charge in [0.25, 0.3) is 0 Å². The maximum atomic E-state index is 11.5. The van der Waals surface area contributed by atoms with Gasteiger partial charge >= 0.3 is 11.4 Å². The molecular weight excluding hydrogens is 360 g/mol. The second kappa shape index (κ2) is 9.18. The molecule has 0 bridgehead atoms. The summed E-state index contributed by atoms with van der Waals surface area (Å²) in [4.78, 5) is 0. The molecule has 0 saturated heterocycles. The van der Waals surface area contributed by atoms with Gasteiger partial charge in [0.05, 0.1) is 0 Å². The Bertz CT molecular complexity index is 840. The van der Waals surface area contributed by atoms with Crippen LogP contribution in [0, 0.1) is 11.8 Å². The maximum absolute atomic E-state index is 11.5. The van der Waals surface area contributed by atoms with Crippen molar-refractivity contribution in [3.05, 3.63) is 54.6 Å². The Labute approximate surface area is 163 Å². The third-order valence-electron chi connectivity index (χ3n) is 4.95. The number of ether oxygens (including phenoxy) is 1. The van der Waals surface area contributed by atoms with E-state index in [2.05, 4.69) is 11.8 Å². The number of hydrogen-bond acceptors (Lipinski definition) is 3. The van der Waals surface area contributed by atoms with E-state index in [1.807, 2.05) is 54.6 Å². The van der Waals surface area contributed by atoms with Crippen molar-refractivity contribution in [3.8, 4) is 28.7 Å². The van der Waals surface area contributed by atoms with Crippen LogP contribution in [0.2, 0.25) is 0 Å². The van der Waals surface area contributed by atoms with Gasteiger partial charge < -0.3 is 4.74 Å². The van der Waals surface area contributed by atoms with Gasteiger partial charge in [0.15, 0.2) is 0 Å². The van der Waals surface area contributed by atoms with E-state index in [4.69, 9.17) is 8.92 Å². The lowest BCUT2D eigenvalue weighted by Gasteiger charge is -2.41. The summed E-state index contributed by atoms with van der Waals surface area (Å²) in [7, 11) is 0. The SMILES string of the molecule is CC#CCC1(OS(=O)O)CCCCC1Oc1ccccc1-c1ccccc1. The molecule has 2 aromatic carbocycles. The highest BCUT2D eigenvalue weighted by molar-refractivity contribution is 7.74. The molecule has 5 heteroatoms. The Kier molecular flexibility index (Phi) is 6.68. The fourth-order valence-corrected chi connectivity index (χ4v) is 4.16. The third-order valence-corrected chi connectivity index (χ3v) is 5.42. The number of benzene rings is 2. The van der Waals surface area contributed by atoms with Crippen LogP contribution in [0.15, 0.2) is 54.6 Å². The summed E-state index contributed by atoms with van der Waals surface area (Å²) in [5, 5.41) is 0. The number of rotatable bonds is 6. The highest BCUT2D eigenvalue weighted by Gasteiger charge is 2.45. The molecule has 142 valence electrons. The Hall–Kier alpha value is -2.13. The molecule has 3 atom stereocenters. The highest BCUT2D eigenvalue weighted by Crippen LogP contribution is 2.40. The van der Waals surface area contributed by atoms with Crippen molar-refractivity contribution in [2.75, 3.05) is 0 Å². The van der Waals surface area contributed by atoms with E-state index < -0.39 is 17.0 Å². The van der Waals surface area contributed by atoms with Gasteiger partial charge in [0, 0.05) is 12.0 Å². The van der Waals surface area contributed by atoms with Gasteiger partial charge in [-0.1, -0.05) is 55.0 Å². The van der Waals surface area contributed by atoms with Crippen molar-refractivity contribution < 1.29 is 17.7 Å². The summed E-state index contributed by atoms with van der Waals surface area (Å²) in [6, 6.07) is 17.9. The van der Waals surface area contributed by atoms with Crippen LogP contribution in [0.4, 0.5) is 0 Å². The number of hydrogen-bond donors (Lipinski definition) is 1. The molecule has 1 aliphatic rings. The van der Waals surface area contributed by atoms with Crippen LogP contribution in [0.3, 0.4) is 0 Å². The summed E-state index contributed by atoms with van der Waals surface area (Å²) in [6.45, 7) is 1.76. The van der Waals surface area contributed by atoms with E-state index in [9.17, 15) is 8.76 Å². The Morgan fingerprint density at radius 3 is 2.63 bits per heavy atom. The van der Waals surface area contributed by atoms with E-state index in [0.717, 1.165) is 36.1 Å². The molecule has 4 nitrogen and oxygen atoms in total. The zero-order valence-electron chi connectivity index (χ0n) is 15.4. The summed E-state index contributed by atoms with van der Waals surface area (Å²) >= 11 is -2.37. The minimum atomic E-state index is -2.37. The summed E-state index contributed by atoms with van der Waals surface area (Å²) in [6.07, 6.45) is 3.34. The normalized spacial score (nSPS) is 23.1. The van der Waals surface area contributed by atoms with E-state index in [-0.39, 0.29) is 6.10 Å². The molecule has 3 unspecified atom stereocenters. The summed E-state index contributed by atoms with van der Waals surface area (Å²) in [5.74, 6) is 6.64. The minimum Gasteiger partial charge on any atom is -0.487 e. The van der Waals surface area contributed by atoms with Crippen molar-refractivity contribution in [2.24, 2.45) is 0 Å². The lowest BCUT2D eigenvalue weighted by Crippen LogP contribution is -2.50. The van der Waals surface area contributed by atoms with Crippen LogP contribution in [0.25, 0.3) is 11.1 Å². The van der Waals surface area contributed by atoms with Gasteiger partial charge in [-0.05, 0) is 37.8 Å². The highest BCUT2D eigenvalue weighted by atomic mass is 32.2. The quantitative estimate of drug-likeness (QED) is 0.564. The topological polar surface area (TPSA) is 55.8 Å². The van der Waals surface area contributed by atoms with Gasteiger partial charge in [-0.15, -0.1) is 11.8 Å². The molecule has 0 aliphatic heterocycles. The molecule has 0 spiro atoms. The number of para-hydroxylation sites is 1. The largest absolute Gasteiger partial charge is 0.487 e. The fourth-order valence-electron chi connectivity index (χ4n) is 3.63. The second-order valence-corrected chi connectivity index (χ2v) is 7.28. The average Bonchev–Trinajstić information content (AvgIpc) is 2.69. The second-order valence-electron chi connectivity index (χ2n) is 6.68. The Balaban J connectivity index is 1.94. The molecule has 27 heavy (non-hydrogen) atoms. The first-order valence-electron chi connectivity index (χ1n) is 9.16. The summed E-state index contributed by atoms with van der Waals surface area (Å²) < 4.78 is 32.9. The summed E-state index contributed by atoms with van der Waals surface area (Å²) in [5.41, 5.74) is 1.17. The maximum Gasteiger partial charge on any atom is 0.302 e. The molecule has 0 aromatic heterocycles. The van der Waals surface area contributed by atoms with Crippen LogP contribution in [0.5, 0.6) is 5.75 Å². The lowest BCUT2D eigenvalue weighted by atomic mass is 9.80. The Morgan fingerprint density at radius 2 is 1.89 bits per heavy atom. The molecule has 2 aromatic rings.